The van der Waals surface area contributed by atoms with Gasteiger partial charge in [-0.2, -0.15) is 0 Å². The molecule has 4 heteroatoms. The Labute approximate surface area is 108 Å². The molecular formula is C14H20O4. The summed E-state index contributed by atoms with van der Waals surface area (Å²) in [4.78, 5) is 11.7. The highest BCUT2D eigenvalue weighted by Crippen LogP contribution is 2.26. The maximum absolute atomic E-state index is 11.7. The van der Waals surface area contributed by atoms with Crippen molar-refractivity contribution in [2.45, 2.75) is 39.9 Å². The van der Waals surface area contributed by atoms with Crippen LogP contribution in [0.1, 0.15) is 38.1 Å². The van der Waals surface area contributed by atoms with Gasteiger partial charge in [-0.25, -0.2) is 4.79 Å². The van der Waals surface area contributed by atoms with Crippen LogP contribution in [0.2, 0.25) is 0 Å². The molecule has 0 heterocycles. The summed E-state index contributed by atoms with van der Waals surface area (Å²) in [5.74, 6) is 0.703. The molecule has 0 aromatic heterocycles. The van der Waals surface area contributed by atoms with E-state index in [9.17, 15) is 4.79 Å². The summed E-state index contributed by atoms with van der Waals surface area (Å²) >= 11 is 0. The second-order valence-corrected chi connectivity index (χ2v) is 4.48. The maximum atomic E-state index is 11.7. The van der Waals surface area contributed by atoms with E-state index in [0.717, 1.165) is 0 Å². The predicted molar refractivity (Wildman–Crippen MR) is 69.3 cm³/mol. The van der Waals surface area contributed by atoms with Crippen molar-refractivity contribution < 1.29 is 19.0 Å². The summed E-state index contributed by atoms with van der Waals surface area (Å²) in [5.41, 5.74) is 0.379. The van der Waals surface area contributed by atoms with Crippen LogP contribution in [0.3, 0.4) is 0 Å². The molecule has 0 saturated carbocycles. The van der Waals surface area contributed by atoms with E-state index in [1.165, 1.54) is 7.11 Å². The fraction of sp³-hybridized carbons (Fsp3) is 0.500. The third kappa shape index (κ3) is 3.95. The normalized spacial score (nSPS) is 10.6. The van der Waals surface area contributed by atoms with Gasteiger partial charge in [0, 0.05) is 0 Å². The Morgan fingerprint density at radius 1 is 1.06 bits per heavy atom. The lowest BCUT2D eigenvalue weighted by Gasteiger charge is -2.15. The number of ether oxygens (including phenoxy) is 3. The average molecular weight is 252 g/mol. The summed E-state index contributed by atoms with van der Waals surface area (Å²) in [6, 6.07) is 5.15. The molecule has 1 aromatic carbocycles. The van der Waals surface area contributed by atoms with Crippen LogP contribution in [-0.4, -0.2) is 25.3 Å². The van der Waals surface area contributed by atoms with Crippen LogP contribution in [0.25, 0.3) is 0 Å². The third-order valence-electron chi connectivity index (χ3n) is 2.09. The molecule has 0 aliphatic heterocycles. The summed E-state index contributed by atoms with van der Waals surface area (Å²) in [6.07, 6.45) is 0.0395. The van der Waals surface area contributed by atoms with Gasteiger partial charge in [-0.3, -0.25) is 0 Å². The van der Waals surface area contributed by atoms with E-state index in [1.54, 1.807) is 18.2 Å². The van der Waals surface area contributed by atoms with E-state index in [-0.39, 0.29) is 12.2 Å². The van der Waals surface area contributed by atoms with E-state index < -0.39 is 5.97 Å². The van der Waals surface area contributed by atoms with Gasteiger partial charge in [-0.15, -0.1) is 0 Å². The van der Waals surface area contributed by atoms with Crippen molar-refractivity contribution >= 4 is 5.97 Å². The molecule has 0 aliphatic rings. The van der Waals surface area contributed by atoms with Crippen LogP contribution in [0.15, 0.2) is 18.2 Å². The van der Waals surface area contributed by atoms with Crippen molar-refractivity contribution in [3.8, 4) is 11.5 Å². The molecule has 0 atom stereocenters. The Morgan fingerprint density at radius 3 is 2.17 bits per heavy atom. The summed E-state index contributed by atoms with van der Waals surface area (Å²) in [7, 11) is 1.34. The molecule has 0 bridgehead atoms. The standard InChI is InChI=1S/C14H20O4/c1-9(2)17-11-6-7-13(18-10(3)4)12(8-11)14(15)16-5/h6-10H,1-5H3. The van der Waals surface area contributed by atoms with Gasteiger partial charge in [0.1, 0.15) is 17.1 Å². The predicted octanol–water partition coefficient (Wildman–Crippen LogP) is 3.05. The zero-order valence-electron chi connectivity index (χ0n) is 11.5. The number of hydrogen-bond acceptors (Lipinski definition) is 4. The minimum absolute atomic E-state index is 0.00901. The van der Waals surface area contributed by atoms with Gasteiger partial charge in [0.2, 0.25) is 0 Å². The van der Waals surface area contributed by atoms with E-state index in [2.05, 4.69) is 0 Å². The lowest BCUT2D eigenvalue weighted by atomic mass is 10.2. The average Bonchev–Trinajstić information content (AvgIpc) is 2.28. The van der Waals surface area contributed by atoms with E-state index >= 15 is 0 Å². The van der Waals surface area contributed by atoms with E-state index in [4.69, 9.17) is 14.2 Å². The molecule has 1 rings (SSSR count). The highest BCUT2D eigenvalue weighted by atomic mass is 16.5. The van der Waals surface area contributed by atoms with Crippen LogP contribution in [0, 0.1) is 0 Å². The smallest absolute Gasteiger partial charge is 0.341 e. The second kappa shape index (κ2) is 6.28. The maximum Gasteiger partial charge on any atom is 0.341 e. The summed E-state index contributed by atoms with van der Waals surface area (Å²) in [5, 5.41) is 0. The van der Waals surface area contributed by atoms with Crippen molar-refractivity contribution in [3.05, 3.63) is 23.8 Å². The number of benzene rings is 1. The number of methoxy groups -OCH3 is 1. The van der Waals surface area contributed by atoms with Gasteiger partial charge in [0.25, 0.3) is 0 Å². The molecule has 100 valence electrons. The van der Waals surface area contributed by atoms with Gasteiger partial charge >= 0.3 is 5.97 Å². The Bertz CT molecular complexity index is 410. The third-order valence-corrected chi connectivity index (χ3v) is 2.09. The molecule has 4 nitrogen and oxygen atoms in total. The van der Waals surface area contributed by atoms with Crippen molar-refractivity contribution in [3.63, 3.8) is 0 Å². The fourth-order valence-corrected chi connectivity index (χ4v) is 1.48. The molecule has 0 unspecified atom stereocenters. The minimum Gasteiger partial charge on any atom is -0.491 e. The molecule has 0 amide bonds. The largest absolute Gasteiger partial charge is 0.491 e. The van der Waals surface area contributed by atoms with Gasteiger partial charge in [0.15, 0.2) is 0 Å². The Kier molecular flexibility index (Phi) is 5.01. The molecule has 0 aliphatic carbocycles. The molecular weight excluding hydrogens is 232 g/mol. The molecule has 0 spiro atoms. The topological polar surface area (TPSA) is 44.8 Å². The van der Waals surface area contributed by atoms with Crippen LogP contribution < -0.4 is 9.47 Å². The monoisotopic (exact) mass is 252 g/mol. The molecule has 0 N–H and O–H groups in total. The lowest BCUT2D eigenvalue weighted by molar-refractivity contribution is 0.0593. The lowest BCUT2D eigenvalue weighted by Crippen LogP contribution is -2.12. The minimum atomic E-state index is -0.431. The van der Waals surface area contributed by atoms with Crippen LogP contribution in [-0.2, 0) is 4.74 Å². The SMILES string of the molecule is COC(=O)c1cc(OC(C)C)ccc1OC(C)C. The number of esters is 1. The summed E-state index contributed by atoms with van der Waals surface area (Å²) in [6.45, 7) is 7.66. The van der Waals surface area contributed by atoms with Crippen molar-refractivity contribution in [2.24, 2.45) is 0 Å². The van der Waals surface area contributed by atoms with Crippen LogP contribution in [0.4, 0.5) is 0 Å². The Balaban J connectivity index is 3.08. The first-order valence-electron chi connectivity index (χ1n) is 5.99. The molecule has 0 radical (unpaired) electrons. The molecule has 1 aromatic rings. The number of hydrogen-bond donors (Lipinski definition) is 0. The quantitative estimate of drug-likeness (QED) is 0.755. The Hall–Kier alpha value is -1.71. The zero-order chi connectivity index (χ0) is 13.7. The van der Waals surface area contributed by atoms with Crippen molar-refractivity contribution in [1.29, 1.82) is 0 Å². The number of carbonyl (C=O) groups excluding carboxylic acids is 1. The van der Waals surface area contributed by atoms with Gasteiger partial charge in [0.05, 0.1) is 19.3 Å². The highest BCUT2D eigenvalue weighted by Gasteiger charge is 2.16. The van der Waals surface area contributed by atoms with Gasteiger partial charge in [-0.1, -0.05) is 0 Å². The Morgan fingerprint density at radius 2 is 1.67 bits per heavy atom. The molecule has 0 saturated heterocycles. The van der Waals surface area contributed by atoms with Gasteiger partial charge < -0.3 is 14.2 Å². The molecule has 18 heavy (non-hydrogen) atoms. The number of rotatable bonds is 5. The first kappa shape index (κ1) is 14.4. The van der Waals surface area contributed by atoms with E-state index in [1.807, 2.05) is 27.7 Å². The highest BCUT2D eigenvalue weighted by molar-refractivity contribution is 5.93. The molecule has 0 fully saturated rings. The second-order valence-electron chi connectivity index (χ2n) is 4.48. The first-order valence-corrected chi connectivity index (χ1v) is 5.99. The van der Waals surface area contributed by atoms with Crippen molar-refractivity contribution in [1.82, 2.24) is 0 Å². The van der Waals surface area contributed by atoms with Crippen molar-refractivity contribution in [2.75, 3.05) is 7.11 Å². The fourth-order valence-electron chi connectivity index (χ4n) is 1.48. The van der Waals surface area contributed by atoms with Gasteiger partial charge in [-0.05, 0) is 45.9 Å². The summed E-state index contributed by atoms with van der Waals surface area (Å²) < 4.78 is 15.9. The van der Waals surface area contributed by atoms with Crippen LogP contribution >= 0.6 is 0 Å². The number of carbonyl (C=O) groups is 1. The van der Waals surface area contributed by atoms with E-state index in [0.29, 0.717) is 17.1 Å². The zero-order valence-corrected chi connectivity index (χ0v) is 11.5. The first-order chi connectivity index (χ1) is 8.43. The van der Waals surface area contributed by atoms with Crippen LogP contribution in [0.5, 0.6) is 11.5 Å².